The molecule has 2 heterocycles. The number of pyridine rings is 1. The van der Waals surface area contributed by atoms with E-state index < -0.39 is 0 Å². The van der Waals surface area contributed by atoms with E-state index in [9.17, 15) is 0 Å². The molecule has 0 aliphatic rings. The number of aromatic nitrogens is 2. The van der Waals surface area contributed by atoms with E-state index in [1.165, 1.54) is 0 Å². The molecule has 0 aliphatic heterocycles. The molecule has 15 heavy (non-hydrogen) atoms. The number of imidazole rings is 1. The summed E-state index contributed by atoms with van der Waals surface area (Å²) in [6.45, 7) is 4.36. The van der Waals surface area contributed by atoms with Crippen LogP contribution in [-0.2, 0) is 6.42 Å². The number of hydrogen-bond donors (Lipinski definition) is 1. The lowest BCUT2D eigenvalue weighted by atomic mass is 9.99. The molecule has 2 rings (SSSR count). The maximum atomic E-state index is 4.57. The molecule has 0 aliphatic carbocycles. The van der Waals surface area contributed by atoms with Crippen molar-refractivity contribution in [3.8, 4) is 0 Å². The Labute approximate surface area is 90.1 Å². The first-order valence-corrected chi connectivity index (χ1v) is 5.22. The van der Waals surface area contributed by atoms with Crippen LogP contribution in [0.3, 0.4) is 0 Å². The third-order valence-corrected chi connectivity index (χ3v) is 2.71. The minimum absolute atomic E-state index is 0.0952. The number of rotatable bonds is 3. The Balaban J connectivity index is 2.30. The van der Waals surface area contributed by atoms with Crippen molar-refractivity contribution in [2.24, 2.45) is 0 Å². The first kappa shape index (κ1) is 10.2. The number of likely N-dealkylation sites (N-methyl/N-ethyl adjacent to an activating group) is 1. The Morgan fingerprint density at radius 2 is 2.20 bits per heavy atom. The first-order chi connectivity index (χ1) is 7.11. The number of fused-ring (bicyclic) bond motifs is 1. The van der Waals surface area contributed by atoms with E-state index in [2.05, 4.69) is 34.7 Å². The van der Waals surface area contributed by atoms with Gasteiger partial charge >= 0.3 is 0 Å². The van der Waals surface area contributed by atoms with Gasteiger partial charge in [-0.15, -0.1) is 0 Å². The van der Waals surface area contributed by atoms with E-state index in [0.717, 1.165) is 17.8 Å². The molecule has 2 aromatic heterocycles. The van der Waals surface area contributed by atoms with Crippen LogP contribution in [-0.4, -0.2) is 22.0 Å². The SMILES string of the molecule is CNC(C)(C)Cc1cn2ccccc2n1. The molecule has 0 saturated heterocycles. The van der Waals surface area contributed by atoms with Crippen LogP contribution in [0.4, 0.5) is 0 Å². The fraction of sp³-hybridized carbons (Fsp3) is 0.417. The van der Waals surface area contributed by atoms with Gasteiger partial charge in [-0.25, -0.2) is 4.98 Å². The van der Waals surface area contributed by atoms with Gasteiger partial charge < -0.3 is 9.72 Å². The van der Waals surface area contributed by atoms with Gasteiger partial charge in [-0.2, -0.15) is 0 Å². The van der Waals surface area contributed by atoms with Crippen LogP contribution in [0.2, 0.25) is 0 Å². The van der Waals surface area contributed by atoms with Gasteiger partial charge in [0.1, 0.15) is 5.65 Å². The van der Waals surface area contributed by atoms with E-state index in [-0.39, 0.29) is 5.54 Å². The summed E-state index contributed by atoms with van der Waals surface area (Å²) in [6, 6.07) is 6.05. The predicted molar refractivity (Wildman–Crippen MR) is 62.0 cm³/mol. The third kappa shape index (κ3) is 2.18. The highest BCUT2D eigenvalue weighted by Gasteiger charge is 2.17. The topological polar surface area (TPSA) is 29.3 Å². The van der Waals surface area contributed by atoms with Crippen molar-refractivity contribution in [3.63, 3.8) is 0 Å². The van der Waals surface area contributed by atoms with Gasteiger partial charge in [0.2, 0.25) is 0 Å². The van der Waals surface area contributed by atoms with Crippen molar-refractivity contribution in [3.05, 3.63) is 36.3 Å². The van der Waals surface area contributed by atoms with Crippen molar-refractivity contribution < 1.29 is 0 Å². The second-order valence-corrected chi connectivity index (χ2v) is 4.51. The maximum Gasteiger partial charge on any atom is 0.136 e. The average molecular weight is 203 g/mol. The molecule has 3 nitrogen and oxygen atoms in total. The van der Waals surface area contributed by atoms with Crippen molar-refractivity contribution in [2.45, 2.75) is 25.8 Å². The highest BCUT2D eigenvalue weighted by atomic mass is 15.0. The van der Waals surface area contributed by atoms with Crippen LogP contribution in [0.15, 0.2) is 30.6 Å². The van der Waals surface area contributed by atoms with Crippen molar-refractivity contribution >= 4 is 5.65 Å². The molecule has 0 unspecified atom stereocenters. The van der Waals surface area contributed by atoms with Gasteiger partial charge in [-0.05, 0) is 33.0 Å². The summed E-state index contributed by atoms with van der Waals surface area (Å²) in [6.07, 6.45) is 5.05. The van der Waals surface area contributed by atoms with Crippen molar-refractivity contribution in [1.82, 2.24) is 14.7 Å². The van der Waals surface area contributed by atoms with Crippen LogP contribution < -0.4 is 5.32 Å². The molecule has 0 saturated carbocycles. The quantitative estimate of drug-likeness (QED) is 0.825. The van der Waals surface area contributed by atoms with Crippen LogP contribution in [0.1, 0.15) is 19.5 Å². The van der Waals surface area contributed by atoms with Gasteiger partial charge in [0.05, 0.1) is 5.69 Å². The molecule has 0 aromatic carbocycles. The Bertz CT molecular complexity index is 424. The second-order valence-electron chi connectivity index (χ2n) is 4.51. The molecular formula is C12H17N3. The summed E-state index contributed by atoms with van der Waals surface area (Å²) in [5, 5.41) is 3.28. The molecule has 1 N–H and O–H groups in total. The summed E-state index contributed by atoms with van der Waals surface area (Å²) in [5.41, 5.74) is 2.23. The monoisotopic (exact) mass is 203 g/mol. The smallest absolute Gasteiger partial charge is 0.136 e. The molecule has 0 fully saturated rings. The summed E-state index contributed by atoms with van der Waals surface area (Å²) in [5.74, 6) is 0. The highest BCUT2D eigenvalue weighted by Crippen LogP contribution is 2.12. The summed E-state index contributed by atoms with van der Waals surface area (Å²) in [7, 11) is 1.98. The Morgan fingerprint density at radius 3 is 2.87 bits per heavy atom. The van der Waals surface area contributed by atoms with E-state index >= 15 is 0 Å². The molecule has 0 atom stereocenters. The minimum atomic E-state index is 0.0952. The highest BCUT2D eigenvalue weighted by molar-refractivity contribution is 5.39. The van der Waals surface area contributed by atoms with Crippen molar-refractivity contribution in [2.75, 3.05) is 7.05 Å². The largest absolute Gasteiger partial charge is 0.314 e. The van der Waals surface area contributed by atoms with Gasteiger partial charge in [0, 0.05) is 24.4 Å². The fourth-order valence-electron chi connectivity index (χ4n) is 1.61. The number of nitrogens with zero attached hydrogens (tertiary/aromatic N) is 2. The average Bonchev–Trinajstić information content (AvgIpc) is 2.58. The third-order valence-electron chi connectivity index (χ3n) is 2.71. The lowest BCUT2D eigenvalue weighted by molar-refractivity contribution is 0.418. The van der Waals surface area contributed by atoms with Crippen LogP contribution in [0, 0.1) is 0 Å². The zero-order valence-corrected chi connectivity index (χ0v) is 9.49. The van der Waals surface area contributed by atoms with E-state index in [1.807, 2.05) is 31.4 Å². The molecule has 0 spiro atoms. The lowest BCUT2D eigenvalue weighted by Crippen LogP contribution is -2.38. The molecule has 0 radical (unpaired) electrons. The van der Waals surface area contributed by atoms with E-state index in [4.69, 9.17) is 0 Å². The standard InChI is InChI=1S/C12H17N3/c1-12(2,13-3)8-10-9-15-7-5-4-6-11(15)14-10/h4-7,9,13H,8H2,1-3H3. The van der Waals surface area contributed by atoms with E-state index in [1.54, 1.807) is 0 Å². The van der Waals surface area contributed by atoms with Gasteiger partial charge in [0.15, 0.2) is 0 Å². The Hall–Kier alpha value is -1.35. The number of hydrogen-bond acceptors (Lipinski definition) is 2. The molecule has 3 heteroatoms. The molecule has 0 amide bonds. The van der Waals surface area contributed by atoms with Gasteiger partial charge in [-0.3, -0.25) is 0 Å². The molecule has 80 valence electrons. The van der Waals surface area contributed by atoms with Crippen LogP contribution >= 0.6 is 0 Å². The summed E-state index contributed by atoms with van der Waals surface area (Å²) < 4.78 is 2.06. The lowest BCUT2D eigenvalue weighted by Gasteiger charge is -2.22. The predicted octanol–water partition coefficient (Wildman–Crippen LogP) is 1.87. The molecular weight excluding hydrogens is 186 g/mol. The zero-order valence-electron chi connectivity index (χ0n) is 9.49. The van der Waals surface area contributed by atoms with E-state index in [0.29, 0.717) is 0 Å². The fourth-order valence-corrected chi connectivity index (χ4v) is 1.61. The summed E-state index contributed by atoms with van der Waals surface area (Å²) in [4.78, 5) is 4.57. The molecule has 2 aromatic rings. The Kier molecular flexibility index (Phi) is 2.49. The van der Waals surface area contributed by atoms with Gasteiger partial charge in [-0.1, -0.05) is 6.07 Å². The maximum absolute atomic E-state index is 4.57. The Morgan fingerprint density at radius 1 is 1.40 bits per heavy atom. The van der Waals surface area contributed by atoms with Gasteiger partial charge in [0.25, 0.3) is 0 Å². The van der Waals surface area contributed by atoms with Crippen LogP contribution in [0.5, 0.6) is 0 Å². The van der Waals surface area contributed by atoms with Crippen molar-refractivity contribution in [1.29, 1.82) is 0 Å². The minimum Gasteiger partial charge on any atom is -0.314 e. The molecule has 0 bridgehead atoms. The zero-order chi connectivity index (χ0) is 10.9. The van der Waals surface area contributed by atoms with Crippen LogP contribution in [0.25, 0.3) is 5.65 Å². The second kappa shape index (κ2) is 3.66. The first-order valence-electron chi connectivity index (χ1n) is 5.22. The normalized spacial score (nSPS) is 12.2. The summed E-state index contributed by atoms with van der Waals surface area (Å²) >= 11 is 0. The number of nitrogens with one attached hydrogen (secondary N) is 1.